The lowest BCUT2D eigenvalue weighted by molar-refractivity contribution is -0.121. The van der Waals surface area contributed by atoms with Crippen LogP contribution >= 0.6 is 0 Å². The van der Waals surface area contributed by atoms with E-state index < -0.39 is 0 Å². The van der Waals surface area contributed by atoms with E-state index in [0.717, 1.165) is 39.8 Å². The first-order valence-corrected chi connectivity index (χ1v) is 10.8. The van der Waals surface area contributed by atoms with E-state index in [0.29, 0.717) is 19.4 Å². The first-order valence-electron chi connectivity index (χ1n) is 10.8. The Labute approximate surface area is 188 Å². The highest BCUT2D eigenvalue weighted by atomic mass is 19.1. The number of H-pyrrole nitrogens is 1. The smallest absolute Gasteiger partial charge is 0.220 e. The normalized spacial score (nSPS) is 11.2. The molecule has 0 fully saturated rings. The first-order chi connectivity index (χ1) is 15.5. The highest BCUT2D eigenvalue weighted by Crippen LogP contribution is 2.31. The lowest BCUT2D eigenvalue weighted by atomic mass is 10.0. The van der Waals surface area contributed by atoms with Gasteiger partial charge in [-0.25, -0.2) is 4.39 Å². The van der Waals surface area contributed by atoms with Gasteiger partial charge in [0.05, 0.1) is 0 Å². The van der Waals surface area contributed by atoms with E-state index in [1.54, 1.807) is 12.1 Å². The van der Waals surface area contributed by atoms with Crippen molar-refractivity contribution in [2.24, 2.45) is 0 Å². The summed E-state index contributed by atoms with van der Waals surface area (Å²) in [6, 6.07) is 23.0. The summed E-state index contributed by atoms with van der Waals surface area (Å²) in [4.78, 5) is 18.1. The Balaban J connectivity index is 1.44. The number of carbonyl (C=O) groups excluding carboxylic acids is 1. The van der Waals surface area contributed by atoms with Gasteiger partial charge in [0.25, 0.3) is 0 Å². The summed E-state index contributed by atoms with van der Waals surface area (Å²) >= 11 is 0. The number of nitrogens with one attached hydrogen (secondary N) is 2. The standard InChI is InChI=1S/C27H28FN3O/c1-31(2)18-20-10-8-19(9-11-20)17-29-26(32)15-13-23-24-16-22(28)12-14-25(24)30-27(23)21-6-4-3-5-7-21/h3-12,14,16,30H,13,15,17-18H2,1-2H3,(H,29,32). The zero-order chi connectivity index (χ0) is 22.5. The van der Waals surface area contributed by atoms with Crippen molar-refractivity contribution >= 4 is 16.8 Å². The van der Waals surface area contributed by atoms with E-state index >= 15 is 0 Å². The van der Waals surface area contributed by atoms with Crippen LogP contribution in [0.25, 0.3) is 22.2 Å². The molecule has 2 N–H and O–H groups in total. The number of aromatic nitrogens is 1. The van der Waals surface area contributed by atoms with Gasteiger partial charge in [-0.1, -0.05) is 54.6 Å². The second-order valence-electron chi connectivity index (χ2n) is 8.37. The Hall–Kier alpha value is -3.44. The third-order valence-electron chi connectivity index (χ3n) is 5.54. The van der Waals surface area contributed by atoms with Crippen LogP contribution in [0, 0.1) is 5.82 Å². The number of hydrogen-bond donors (Lipinski definition) is 2. The largest absolute Gasteiger partial charge is 0.354 e. The number of nitrogens with zero attached hydrogens (tertiary/aromatic N) is 1. The SMILES string of the molecule is CN(C)Cc1ccc(CNC(=O)CCc2c(-c3ccccc3)[nH]c3ccc(F)cc23)cc1. The third kappa shape index (κ3) is 5.24. The Morgan fingerprint density at radius 2 is 1.69 bits per heavy atom. The van der Waals surface area contributed by atoms with Gasteiger partial charge in [0, 0.05) is 36.1 Å². The number of fused-ring (bicyclic) bond motifs is 1. The average molecular weight is 430 g/mol. The maximum Gasteiger partial charge on any atom is 0.220 e. The Bertz CT molecular complexity index is 1200. The maximum absolute atomic E-state index is 13.9. The van der Waals surface area contributed by atoms with Crippen molar-refractivity contribution < 1.29 is 9.18 Å². The number of hydrogen-bond acceptors (Lipinski definition) is 2. The van der Waals surface area contributed by atoms with Crippen molar-refractivity contribution in [2.45, 2.75) is 25.9 Å². The zero-order valence-corrected chi connectivity index (χ0v) is 18.5. The molecular weight excluding hydrogens is 401 g/mol. The molecule has 0 aliphatic rings. The van der Waals surface area contributed by atoms with Crippen LogP contribution in [0.4, 0.5) is 4.39 Å². The van der Waals surface area contributed by atoms with Gasteiger partial charge in [-0.15, -0.1) is 0 Å². The molecule has 0 saturated heterocycles. The van der Waals surface area contributed by atoms with Crippen LogP contribution in [0.2, 0.25) is 0 Å². The summed E-state index contributed by atoms with van der Waals surface area (Å²) in [5.41, 5.74) is 6.12. The molecule has 0 saturated carbocycles. The fraction of sp³-hybridized carbons (Fsp3) is 0.222. The first kappa shape index (κ1) is 21.8. The topological polar surface area (TPSA) is 48.1 Å². The van der Waals surface area contributed by atoms with Gasteiger partial charge in [0.1, 0.15) is 5.82 Å². The number of rotatable bonds is 8. The Morgan fingerprint density at radius 1 is 0.969 bits per heavy atom. The Kier molecular flexibility index (Phi) is 6.66. The van der Waals surface area contributed by atoms with E-state index in [4.69, 9.17) is 0 Å². The molecule has 1 heterocycles. The number of halogens is 1. The average Bonchev–Trinajstić information content (AvgIpc) is 3.15. The second-order valence-corrected chi connectivity index (χ2v) is 8.37. The van der Waals surface area contributed by atoms with E-state index in [9.17, 15) is 9.18 Å². The Morgan fingerprint density at radius 3 is 2.41 bits per heavy atom. The van der Waals surface area contributed by atoms with E-state index in [1.165, 1.54) is 11.6 Å². The van der Waals surface area contributed by atoms with Crippen LogP contribution in [-0.2, 0) is 24.3 Å². The van der Waals surface area contributed by atoms with Gasteiger partial charge in [-0.2, -0.15) is 0 Å². The summed E-state index contributed by atoms with van der Waals surface area (Å²) in [5, 5.41) is 3.83. The van der Waals surface area contributed by atoms with Gasteiger partial charge >= 0.3 is 0 Å². The van der Waals surface area contributed by atoms with Gasteiger partial charge in [-0.3, -0.25) is 4.79 Å². The predicted molar refractivity (Wildman–Crippen MR) is 128 cm³/mol. The number of carbonyl (C=O) groups is 1. The highest BCUT2D eigenvalue weighted by molar-refractivity contribution is 5.91. The summed E-state index contributed by atoms with van der Waals surface area (Å²) in [6.45, 7) is 1.39. The summed E-state index contributed by atoms with van der Waals surface area (Å²) in [6.07, 6.45) is 0.864. The molecule has 0 bridgehead atoms. The lowest BCUT2D eigenvalue weighted by Gasteiger charge is -2.11. The third-order valence-corrected chi connectivity index (χ3v) is 5.54. The summed E-state index contributed by atoms with van der Waals surface area (Å²) in [7, 11) is 4.08. The van der Waals surface area contributed by atoms with Crippen molar-refractivity contribution in [1.29, 1.82) is 0 Å². The number of amides is 1. The molecule has 1 amide bonds. The summed E-state index contributed by atoms with van der Waals surface area (Å²) < 4.78 is 13.9. The molecule has 5 heteroatoms. The van der Waals surface area contributed by atoms with Crippen LogP contribution < -0.4 is 5.32 Å². The van der Waals surface area contributed by atoms with E-state index in [-0.39, 0.29) is 11.7 Å². The van der Waals surface area contributed by atoms with E-state index in [1.807, 2.05) is 44.4 Å². The molecule has 3 aromatic carbocycles. The predicted octanol–water partition coefficient (Wildman–Crippen LogP) is 5.28. The molecule has 0 atom stereocenters. The molecule has 1 aromatic heterocycles. The monoisotopic (exact) mass is 429 g/mol. The van der Waals surface area contributed by atoms with Crippen molar-refractivity contribution in [3.8, 4) is 11.3 Å². The highest BCUT2D eigenvalue weighted by Gasteiger charge is 2.15. The number of benzene rings is 3. The van der Waals surface area contributed by atoms with Crippen molar-refractivity contribution in [1.82, 2.24) is 15.2 Å². The minimum absolute atomic E-state index is 0.0212. The van der Waals surface area contributed by atoms with Gasteiger partial charge in [0.2, 0.25) is 5.91 Å². The van der Waals surface area contributed by atoms with E-state index in [2.05, 4.69) is 39.5 Å². The molecule has 4 rings (SSSR count). The molecule has 0 aliphatic carbocycles. The lowest BCUT2D eigenvalue weighted by Crippen LogP contribution is -2.23. The van der Waals surface area contributed by atoms with Crippen molar-refractivity contribution in [3.05, 3.63) is 95.3 Å². The molecule has 164 valence electrons. The van der Waals surface area contributed by atoms with Crippen molar-refractivity contribution in [2.75, 3.05) is 14.1 Å². The molecular formula is C27H28FN3O. The van der Waals surface area contributed by atoms with Gasteiger partial charge < -0.3 is 15.2 Å². The minimum Gasteiger partial charge on any atom is -0.354 e. The maximum atomic E-state index is 13.9. The molecule has 4 nitrogen and oxygen atoms in total. The quantitative estimate of drug-likeness (QED) is 0.400. The molecule has 32 heavy (non-hydrogen) atoms. The van der Waals surface area contributed by atoms with Gasteiger partial charge in [-0.05, 0) is 61.0 Å². The second kappa shape index (κ2) is 9.79. The summed E-state index contributed by atoms with van der Waals surface area (Å²) in [5.74, 6) is -0.299. The van der Waals surface area contributed by atoms with Crippen LogP contribution in [-0.4, -0.2) is 29.9 Å². The molecule has 0 aliphatic heterocycles. The zero-order valence-electron chi connectivity index (χ0n) is 18.5. The van der Waals surface area contributed by atoms with Crippen LogP contribution in [0.1, 0.15) is 23.1 Å². The fourth-order valence-electron chi connectivity index (χ4n) is 3.99. The molecule has 0 spiro atoms. The molecule has 0 radical (unpaired) electrons. The van der Waals surface area contributed by atoms with Gasteiger partial charge in [0.15, 0.2) is 0 Å². The molecule has 0 unspecified atom stereocenters. The fourth-order valence-corrected chi connectivity index (χ4v) is 3.99. The molecule has 4 aromatic rings. The van der Waals surface area contributed by atoms with Crippen LogP contribution in [0.5, 0.6) is 0 Å². The van der Waals surface area contributed by atoms with Crippen LogP contribution in [0.3, 0.4) is 0 Å². The van der Waals surface area contributed by atoms with Crippen LogP contribution in [0.15, 0.2) is 72.8 Å². The van der Waals surface area contributed by atoms with Crippen molar-refractivity contribution in [3.63, 3.8) is 0 Å². The number of aryl methyl sites for hydroxylation is 1. The minimum atomic E-state index is -0.278. The number of aromatic amines is 1.